The van der Waals surface area contributed by atoms with Crippen molar-refractivity contribution in [3.8, 4) is 0 Å². The van der Waals surface area contributed by atoms with Crippen LogP contribution in [0.15, 0.2) is 12.2 Å². The summed E-state index contributed by atoms with van der Waals surface area (Å²) in [5.41, 5.74) is -1.41. The molecule has 0 radical (unpaired) electrons. The Bertz CT molecular complexity index is 752. The summed E-state index contributed by atoms with van der Waals surface area (Å²) in [6.07, 6.45) is 3.50. The number of rotatable bonds is 9. The van der Waals surface area contributed by atoms with Crippen molar-refractivity contribution in [3.05, 3.63) is 12.2 Å². The molecule has 0 spiro atoms. The Balaban J connectivity index is 1.40. The fourth-order valence-electron chi connectivity index (χ4n) is 3.20. The highest BCUT2D eigenvalue weighted by molar-refractivity contribution is 6.12. The normalized spacial score (nSPS) is 20.3. The van der Waals surface area contributed by atoms with E-state index in [0.29, 0.717) is 11.5 Å². The molecule has 2 fully saturated rings. The lowest BCUT2D eigenvalue weighted by molar-refractivity contribution is -0.209. The van der Waals surface area contributed by atoms with Crippen LogP contribution in [-0.2, 0) is 38.3 Å². The van der Waals surface area contributed by atoms with E-state index in [2.05, 4.69) is 5.32 Å². The minimum Gasteiger partial charge on any atom is -0.378 e. The third-order valence-electron chi connectivity index (χ3n) is 5.10. The first-order chi connectivity index (χ1) is 13.8. The molecule has 156 valence electrons. The predicted molar refractivity (Wildman–Crippen MR) is 93.2 cm³/mol. The number of nitrogens with zero attached hydrogens (tertiary/aromatic N) is 2. The van der Waals surface area contributed by atoms with Crippen molar-refractivity contribution < 1.29 is 38.3 Å². The van der Waals surface area contributed by atoms with Crippen LogP contribution in [0.4, 0.5) is 0 Å². The number of hydroxylamine groups is 2. The molecule has 11 heteroatoms. The maximum absolute atomic E-state index is 12.5. The zero-order valence-electron chi connectivity index (χ0n) is 15.7. The number of hydrogen-bond donors (Lipinski definition) is 1. The molecule has 11 nitrogen and oxygen atoms in total. The van der Waals surface area contributed by atoms with E-state index in [9.17, 15) is 28.8 Å². The molecule has 0 atom stereocenters. The van der Waals surface area contributed by atoms with Crippen LogP contribution >= 0.6 is 0 Å². The van der Waals surface area contributed by atoms with Gasteiger partial charge in [-0.3, -0.25) is 28.9 Å². The van der Waals surface area contributed by atoms with Crippen LogP contribution in [0.1, 0.15) is 32.1 Å². The molecule has 1 N–H and O–H groups in total. The van der Waals surface area contributed by atoms with Crippen molar-refractivity contribution in [3.63, 3.8) is 0 Å². The molecule has 1 saturated heterocycles. The van der Waals surface area contributed by atoms with Gasteiger partial charge in [-0.1, -0.05) is 6.42 Å². The molecule has 3 rings (SSSR count). The molecule has 0 aromatic carbocycles. The van der Waals surface area contributed by atoms with Gasteiger partial charge in [0.05, 0.1) is 19.8 Å². The summed E-state index contributed by atoms with van der Waals surface area (Å²) in [6, 6.07) is 0. The van der Waals surface area contributed by atoms with Gasteiger partial charge in [0, 0.05) is 31.5 Å². The van der Waals surface area contributed by atoms with Crippen molar-refractivity contribution in [1.29, 1.82) is 0 Å². The van der Waals surface area contributed by atoms with E-state index in [1.807, 2.05) is 0 Å². The molecular weight excluding hydrogens is 386 g/mol. The van der Waals surface area contributed by atoms with Crippen LogP contribution < -0.4 is 5.32 Å². The lowest BCUT2D eigenvalue weighted by Crippen LogP contribution is -2.54. The van der Waals surface area contributed by atoms with Gasteiger partial charge in [0.1, 0.15) is 5.41 Å². The highest BCUT2D eigenvalue weighted by Gasteiger charge is 2.54. The van der Waals surface area contributed by atoms with Crippen molar-refractivity contribution in [2.75, 3.05) is 26.3 Å². The van der Waals surface area contributed by atoms with E-state index in [4.69, 9.17) is 9.57 Å². The van der Waals surface area contributed by atoms with E-state index in [1.54, 1.807) is 0 Å². The Morgan fingerprint density at radius 3 is 2.17 bits per heavy atom. The second-order valence-electron chi connectivity index (χ2n) is 6.93. The number of ether oxygens (including phenoxy) is 1. The van der Waals surface area contributed by atoms with Gasteiger partial charge >= 0.3 is 5.97 Å². The molecule has 2 aliphatic heterocycles. The minimum atomic E-state index is -1.41. The van der Waals surface area contributed by atoms with Crippen LogP contribution in [0.3, 0.4) is 0 Å². The van der Waals surface area contributed by atoms with Crippen molar-refractivity contribution >= 4 is 35.5 Å². The van der Waals surface area contributed by atoms with E-state index in [-0.39, 0.29) is 52.0 Å². The van der Waals surface area contributed by atoms with Crippen molar-refractivity contribution in [2.45, 2.75) is 32.1 Å². The Morgan fingerprint density at radius 2 is 1.62 bits per heavy atom. The number of carbonyl (C=O) groups is 6. The first kappa shape index (κ1) is 20.6. The Kier molecular flexibility index (Phi) is 6.06. The molecule has 29 heavy (non-hydrogen) atoms. The van der Waals surface area contributed by atoms with Gasteiger partial charge in [-0.2, -0.15) is 0 Å². The molecule has 0 aromatic heterocycles. The summed E-state index contributed by atoms with van der Waals surface area (Å²) in [5.74, 6) is -3.46. The van der Waals surface area contributed by atoms with Crippen LogP contribution in [0.5, 0.6) is 0 Å². The number of carbonyl (C=O) groups excluding carboxylic acids is 6. The predicted octanol–water partition coefficient (Wildman–Crippen LogP) is -1.18. The van der Waals surface area contributed by atoms with Crippen LogP contribution in [0.25, 0.3) is 0 Å². The first-order valence-electron chi connectivity index (χ1n) is 9.33. The summed E-state index contributed by atoms with van der Waals surface area (Å²) in [5, 5.41) is 3.03. The lowest BCUT2D eigenvalue weighted by atomic mass is 9.68. The fourth-order valence-corrected chi connectivity index (χ4v) is 3.20. The average Bonchev–Trinajstić information content (AvgIpc) is 3.13. The largest absolute Gasteiger partial charge is 0.378 e. The monoisotopic (exact) mass is 407 g/mol. The standard InChI is InChI=1S/C18H21N3O8/c22-12-2-3-13(23)20(12)9-11-28-10-8-19-16(26)18(6-1-7-18)17(27)29-21-14(24)4-5-15(21)25/h2-3H,1,4-11H2,(H,19,26). The van der Waals surface area contributed by atoms with Crippen LogP contribution in [-0.4, -0.2) is 71.8 Å². The molecule has 1 saturated carbocycles. The number of amides is 5. The minimum absolute atomic E-state index is 0.0205. The Labute approximate surface area is 165 Å². The summed E-state index contributed by atoms with van der Waals surface area (Å²) >= 11 is 0. The molecule has 0 bridgehead atoms. The van der Waals surface area contributed by atoms with Gasteiger partial charge in [-0.15, -0.1) is 5.06 Å². The van der Waals surface area contributed by atoms with Gasteiger partial charge < -0.3 is 14.9 Å². The fraction of sp³-hybridized carbons (Fsp3) is 0.556. The maximum atomic E-state index is 12.5. The SMILES string of the molecule is O=C1C=CC(=O)N1CCOCCNC(=O)C1(C(=O)ON2C(=O)CCC2=O)CCC1. The Hall–Kier alpha value is -3.08. The van der Waals surface area contributed by atoms with Crippen LogP contribution in [0.2, 0.25) is 0 Å². The van der Waals surface area contributed by atoms with E-state index >= 15 is 0 Å². The summed E-state index contributed by atoms with van der Waals surface area (Å²) in [4.78, 5) is 76.9. The summed E-state index contributed by atoms with van der Waals surface area (Å²) in [6.45, 7) is 0.438. The lowest BCUT2D eigenvalue weighted by Gasteiger charge is -2.37. The smallest absolute Gasteiger partial charge is 0.348 e. The quantitative estimate of drug-likeness (QED) is 0.286. The first-order valence-corrected chi connectivity index (χ1v) is 9.33. The maximum Gasteiger partial charge on any atom is 0.348 e. The molecule has 2 heterocycles. The molecule has 5 amide bonds. The topological polar surface area (TPSA) is 139 Å². The van der Waals surface area contributed by atoms with E-state index in [0.717, 1.165) is 4.90 Å². The van der Waals surface area contributed by atoms with Gasteiger partial charge in [0.15, 0.2) is 0 Å². The zero-order valence-corrected chi connectivity index (χ0v) is 15.7. The highest BCUT2D eigenvalue weighted by atomic mass is 16.7. The van der Waals surface area contributed by atoms with E-state index in [1.165, 1.54) is 12.2 Å². The van der Waals surface area contributed by atoms with Crippen molar-refractivity contribution in [2.24, 2.45) is 5.41 Å². The van der Waals surface area contributed by atoms with Gasteiger partial charge in [-0.25, -0.2) is 4.79 Å². The Morgan fingerprint density at radius 1 is 1.00 bits per heavy atom. The molecule has 1 aliphatic carbocycles. The number of hydrogen-bond acceptors (Lipinski definition) is 8. The highest BCUT2D eigenvalue weighted by Crippen LogP contribution is 2.42. The van der Waals surface area contributed by atoms with Crippen LogP contribution in [0, 0.1) is 5.41 Å². The molecule has 3 aliphatic rings. The molecule has 0 aromatic rings. The summed E-state index contributed by atoms with van der Waals surface area (Å²) < 4.78 is 5.30. The van der Waals surface area contributed by atoms with Gasteiger partial charge in [0.2, 0.25) is 5.91 Å². The number of imide groups is 2. The molecular formula is C18H21N3O8. The second kappa shape index (κ2) is 8.52. The second-order valence-corrected chi connectivity index (χ2v) is 6.93. The third kappa shape index (κ3) is 4.19. The average molecular weight is 407 g/mol. The molecule has 0 unspecified atom stereocenters. The van der Waals surface area contributed by atoms with E-state index < -0.39 is 40.9 Å². The van der Waals surface area contributed by atoms with Gasteiger partial charge in [-0.05, 0) is 12.8 Å². The van der Waals surface area contributed by atoms with Gasteiger partial charge in [0.25, 0.3) is 23.6 Å². The third-order valence-corrected chi connectivity index (χ3v) is 5.10. The summed E-state index contributed by atoms with van der Waals surface area (Å²) in [7, 11) is 0. The van der Waals surface area contributed by atoms with Crippen molar-refractivity contribution in [1.82, 2.24) is 15.3 Å². The zero-order chi connectivity index (χ0) is 21.0. The number of nitrogens with one attached hydrogen (secondary N) is 1.